The molecule has 1 atom stereocenters. The summed E-state index contributed by atoms with van der Waals surface area (Å²) >= 11 is 0. The van der Waals surface area contributed by atoms with E-state index in [0.717, 1.165) is 6.42 Å². The molecule has 3 rings (SSSR count). The van der Waals surface area contributed by atoms with Crippen LogP contribution in [0, 0.1) is 5.82 Å². The number of aliphatic hydroxyl groups is 1. The number of amides is 2. The van der Waals surface area contributed by atoms with Crippen molar-refractivity contribution in [2.75, 3.05) is 18.5 Å². The van der Waals surface area contributed by atoms with Crippen LogP contribution in [0.4, 0.5) is 10.1 Å². The Balaban J connectivity index is 1.61. The molecule has 0 saturated carbocycles. The highest BCUT2D eigenvalue weighted by Gasteiger charge is 2.33. The topological polar surface area (TPSA) is 78.9 Å². The molecule has 2 aromatic rings. The summed E-state index contributed by atoms with van der Waals surface area (Å²) in [4.78, 5) is 25.5. The van der Waals surface area contributed by atoms with Crippen LogP contribution in [-0.2, 0) is 9.59 Å². The van der Waals surface area contributed by atoms with Gasteiger partial charge in [-0.25, -0.2) is 4.39 Å². The van der Waals surface area contributed by atoms with Crippen LogP contribution in [0.1, 0.15) is 12.8 Å². The molecule has 0 radical (unpaired) electrons. The maximum Gasteiger partial charge on any atom is 0.248 e. The Morgan fingerprint density at radius 2 is 1.73 bits per heavy atom. The second kappa shape index (κ2) is 7.97. The van der Waals surface area contributed by atoms with Crippen molar-refractivity contribution in [1.82, 2.24) is 4.90 Å². The van der Waals surface area contributed by atoms with Crippen LogP contribution in [0.5, 0.6) is 11.5 Å². The second-order valence-electron chi connectivity index (χ2n) is 5.97. The summed E-state index contributed by atoms with van der Waals surface area (Å²) in [5, 5.41) is 11.8. The molecule has 1 heterocycles. The molecule has 1 aliphatic rings. The molecule has 0 aromatic heterocycles. The first-order valence-corrected chi connectivity index (χ1v) is 8.31. The largest absolute Gasteiger partial charge is 0.457 e. The molecule has 1 fully saturated rings. The van der Waals surface area contributed by atoms with Gasteiger partial charge in [0.1, 0.15) is 30.0 Å². The number of hydrogen-bond acceptors (Lipinski definition) is 4. The summed E-state index contributed by atoms with van der Waals surface area (Å²) in [7, 11) is 0. The van der Waals surface area contributed by atoms with Gasteiger partial charge >= 0.3 is 0 Å². The molecule has 0 bridgehead atoms. The van der Waals surface area contributed by atoms with Crippen LogP contribution in [0.2, 0.25) is 0 Å². The average molecular weight is 358 g/mol. The number of anilines is 1. The first kappa shape index (κ1) is 17.9. The molecule has 2 aromatic carbocycles. The molecule has 0 spiro atoms. The van der Waals surface area contributed by atoms with Gasteiger partial charge in [-0.3, -0.25) is 9.59 Å². The molecule has 0 aliphatic carbocycles. The number of carbonyl (C=O) groups is 2. The Morgan fingerprint density at radius 1 is 1.12 bits per heavy atom. The standard InChI is InChI=1S/C19H19FN2O4/c20-13-3-7-15(8-4-13)26-16-9-5-14(6-10-16)21-19(25)17-2-1-11-22(17)18(24)12-23/h3-10,17,23H,1-2,11-12H2,(H,21,25). The van der Waals surface area contributed by atoms with Gasteiger partial charge in [-0.05, 0) is 61.4 Å². The highest BCUT2D eigenvalue weighted by atomic mass is 19.1. The number of nitrogens with one attached hydrogen (secondary N) is 1. The third-order valence-electron chi connectivity index (χ3n) is 4.18. The molecular formula is C19H19FN2O4. The lowest BCUT2D eigenvalue weighted by Crippen LogP contribution is -2.44. The van der Waals surface area contributed by atoms with E-state index in [1.54, 1.807) is 24.3 Å². The molecule has 1 unspecified atom stereocenters. The van der Waals surface area contributed by atoms with Crippen molar-refractivity contribution >= 4 is 17.5 Å². The van der Waals surface area contributed by atoms with Crippen molar-refractivity contribution in [1.29, 1.82) is 0 Å². The van der Waals surface area contributed by atoms with E-state index in [0.29, 0.717) is 30.2 Å². The van der Waals surface area contributed by atoms with E-state index in [-0.39, 0.29) is 11.7 Å². The van der Waals surface area contributed by atoms with E-state index in [9.17, 15) is 14.0 Å². The summed E-state index contributed by atoms with van der Waals surface area (Å²) in [6.45, 7) is -0.124. The number of rotatable bonds is 5. The number of halogens is 1. The van der Waals surface area contributed by atoms with Gasteiger partial charge in [0.05, 0.1) is 0 Å². The number of hydrogen-bond donors (Lipinski definition) is 2. The van der Waals surface area contributed by atoms with E-state index in [2.05, 4.69) is 5.32 Å². The Labute approximate surface area is 150 Å². The highest BCUT2D eigenvalue weighted by Crippen LogP contribution is 2.24. The number of ether oxygens (including phenoxy) is 1. The Hall–Kier alpha value is -2.93. The third kappa shape index (κ3) is 4.18. The fraction of sp³-hybridized carbons (Fsp3) is 0.263. The maximum absolute atomic E-state index is 12.9. The van der Waals surface area contributed by atoms with Crippen molar-refractivity contribution in [3.05, 3.63) is 54.3 Å². The minimum absolute atomic E-state index is 0.281. The monoisotopic (exact) mass is 358 g/mol. The Bertz CT molecular complexity index is 777. The lowest BCUT2D eigenvalue weighted by Gasteiger charge is -2.23. The maximum atomic E-state index is 12.9. The summed E-state index contributed by atoms with van der Waals surface area (Å²) in [5.74, 6) is -0.00176. The molecule has 2 amide bonds. The fourth-order valence-electron chi connectivity index (χ4n) is 2.90. The van der Waals surface area contributed by atoms with Gasteiger partial charge in [-0.1, -0.05) is 0 Å². The fourth-order valence-corrected chi connectivity index (χ4v) is 2.90. The number of benzene rings is 2. The van der Waals surface area contributed by atoms with Crippen LogP contribution in [0.15, 0.2) is 48.5 Å². The Kier molecular flexibility index (Phi) is 5.48. The average Bonchev–Trinajstić information content (AvgIpc) is 3.14. The third-order valence-corrected chi connectivity index (χ3v) is 4.18. The lowest BCUT2D eigenvalue weighted by molar-refractivity contribution is -0.138. The van der Waals surface area contributed by atoms with Crippen LogP contribution in [0.25, 0.3) is 0 Å². The number of nitrogens with zero attached hydrogens (tertiary/aromatic N) is 1. The zero-order chi connectivity index (χ0) is 18.5. The van der Waals surface area contributed by atoms with E-state index in [1.807, 2.05) is 0 Å². The van der Waals surface area contributed by atoms with Gasteiger partial charge in [-0.15, -0.1) is 0 Å². The second-order valence-corrected chi connectivity index (χ2v) is 5.97. The number of carbonyl (C=O) groups excluding carboxylic acids is 2. The van der Waals surface area contributed by atoms with Crippen molar-refractivity contribution in [3.63, 3.8) is 0 Å². The smallest absolute Gasteiger partial charge is 0.248 e. The van der Waals surface area contributed by atoms with E-state index in [4.69, 9.17) is 9.84 Å². The van der Waals surface area contributed by atoms with Gasteiger partial charge in [0.25, 0.3) is 0 Å². The predicted molar refractivity (Wildman–Crippen MR) is 93.4 cm³/mol. The van der Waals surface area contributed by atoms with E-state index < -0.39 is 18.6 Å². The molecule has 7 heteroatoms. The first-order chi connectivity index (χ1) is 12.6. The molecular weight excluding hydrogens is 339 g/mol. The van der Waals surface area contributed by atoms with Gasteiger partial charge in [0.15, 0.2) is 0 Å². The number of aliphatic hydroxyl groups excluding tert-OH is 1. The summed E-state index contributed by atoms with van der Waals surface area (Å²) in [6.07, 6.45) is 1.30. The minimum Gasteiger partial charge on any atom is -0.457 e. The first-order valence-electron chi connectivity index (χ1n) is 8.31. The quantitative estimate of drug-likeness (QED) is 0.861. The Morgan fingerprint density at radius 3 is 2.35 bits per heavy atom. The minimum atomic E-state index is -0.598. The van der Waals surface area contributed by atoms with Crippen molar-refractivity contribution in [2.24, 2.45) is 0 Å². The molecule has 6 nitrogen and oxygen atoms in total. The normalized spacial score (nSPS) is 16.4. The molecule has 1 aliphatic heterocycles. The van der Waals surface area contributed by atoms with E-state index in [1.165, 1.54) is 29.2 Å². The van der Waals surface area contributed by atoms with Crippen molar-refractivity contribution in [2.45, 2.75) is 18.9 Å². The van der Waals surface area contributed by atoms with Crippen LogP contribution in [0.3, 0.4) is 0 Å². The summed E-state index contributed by atoms with van der Waals surface area (Å²) in [5.41, 5.74) is 0.574. The summed E-state index contributed by atoms with van der Waals surface area (Å²) < 4.78 is 18.5. The molecule has 2 N–H and O–H groups in total. The van der Waals surface area contributed by atoms with Crippen molar-refractivity contribution < 1.29 is 23.8 Å². The predicted octanol–water partition coefficient (Wildman–Crippen LogP) is 2.54. The van der Waals surface area contributed by atoms with Gasteiger partial charge in [0, 0.05) is 12.2 Å². The SMILES string of the molecule is O=C(Nc1ccc(Oc2ccc(F)cc2)cc1)C1CCCN1C(=O)CO. The molecule has 26 heavy (non-hydrogen) atoms. The lowest BCUT2D eigenvalue weighted by atomic mass is 10.2. The van der Waals surface area contributed by atoms with Gasteiger partial charge in [-0.2, -0.15) is 0 Å². The zero-order valence-corrected chi connectivity index (χ0v) is 14.0. The van der Waals surface area contributed by atoms with Gasteiger partial charge in [0.2, 0.25) is 11.8 Å². The van der Waals surface area contributed by atoms with Crippen LogP contribution in [-0.4, -0.2) is 41.0 Å². The zero-order valence-electron chi connectivity index (χ0n) is 14.0. The van der Waals surface area contributed by atoms with Crippen LogP contribution < -0.4 is 10.1 Å². The van der Waals surface area contributed by atoms with Crippen molar-refractivity contribution in [3.8, 4) is 11.5 Å². The van der Waals surface area contributed by atoms with Crippen LogP contribution >= 0.6 is 0 Å². The highest BCUT2D eigenvalue weighted by molar-refractivity contribution is 5.97. The van der Waals surface area contributed by atoms with Gasteiger partial charge < -0.3 is 20.1 Å². The molecule has 136 valence electrons. The van der Waals surface area contributed by atoms with E-state index >= 15 is 0 Å². The molecule has 1 saturated heterocycles. The summed E-state index contributed by atoms with van der Waals surface area (Å²) in [6, 6.07) is 11.8. The number of likely N-dealkylation sites (tertiary alicyclic amines) is 1.